The first-order valence-electron chi connectivity index (χ1n) is 9.16. The van der Waals surface area contributed by atoms with E-state index in [9.17, 15) is 19.1 Å². The number of nitrogens with one attached hydrogen (secondary N) is 1. The summed E-state index contributed by atoms with van der Waals surface area (Å²) in [5, 5.41) is 9.92. The predicted molar refractivity (Wildman–Crippen MR) is 104 cm³/mol. The number of hydrogen-bond donors (Lipinski definition) is 2. The standard InChI is InChI=1S/C21H19FN2O5/c22-16-4-2-13(3-5-16)21(27)24(6-1-7-25)11-15-8-14-9-18-19(29-12-28-18)10-17(14)23-20(15)26/h2-5,8-10,25H,1,6-7,11-12H2,(H,23,26). The van der Waals surface area contributed by atoms with E-state index in [0.717, 1.165) is 5.39 Å². The lowest BCUT2D eigenvalue weighted by Gasteiger charge is -2.22. The number of aromatic nitrogens is 1. The molecule has 3 aromatic rings. The molecular weight excluding hydrogens is 379 g/mol. The van der Waals surface area contributed by atoms with E-state index in [1.807, 2.05) is 0 Å². The lowest BCUT2D eigenvalue weighted by Crippen LogP contribution is -2.34. The molecule has 0 aliphatic carbocycles. The van der Waals surface area contributed by atoms with Gasteiger partial charge in [0.1, 0.15) is 5.82 Å². The second-order valence-electron chi connectivity index (χ2n) is 6.73. The summed E-state index contributed by atoms with van der Waals surface area (Å²) in [5.41, 5.74) is 0.988. The minimum absolute atomic E-state index is 0.0515. The molecule has 150 valence electrons. The smallest absolute Gasteiger partial charge is 0.254 e. The molecule has 2 aromatic carbocycles. The van der Waals surface area contributed by atoms with Crippen molar-refractivity contribution < 1.29 is 23.8 Å². The van der Waals surface area contributed by atoms with Crippen molar-refractivity contribution in [1.29, 1.82) is 0 Å². The van der Waals surface area contributed by atoms with Gasteiger partial charge >= 0.3 is 0 Å². The second kappa shape index (κ2) is 7.92. The number of carbonyl (C=O) groups is 1. The van der Waals surface area contributed by atoms with Crippen LogP contribution in [0, 0.1) is 5.82 Å². The van der Waals surface area contributed by atoms with Crippen LogP contribution in [0.2, 0.25) is 0 Å². The van der Waals surface area contributed by atoms with Gasteiger partial charge in [-0.1, -0.05) is 0 Å². The Hall–Kier alpha value is -3.39. The third kappa shape index (κ3) is 3.93. The van der Waals surface area contributed by atoms with Crippen molar-refractivity contribution in [2.24, 2.45) is 0 Å². The summed E-state index contributed by atoms with van der Waals surface area (Å²) in [6, 6.07) is 10.4. The zero-order chi connectivity index (χ0) is 20.4. The summed E-state index contributed by atoms with van der Waals surface area (Å²) in [5.74, 6) is 0.379. The normalized spacial score (nSPS) is 12.3. The average molecular weight is 398 g/mol. The Bertz CT molecular complexity index is 1110. The molecule has 0 saturated heterocycles. The number of fused-ring (bicyclic) bond motifs is 2. The summed E-state index contributed by atoms with van der Waals surface area (Å²) in [6.07, 6.45) is 0.358. The Morgan fingerprint density at radius 3 is 2.59 bits per heavy atom. The fraction of sp³-hybridized carbons (Fsp3) is 0.238. The van der Waals surface area contributed by atoms with Crippen molar-refractivity contribution in [2.75, 3.05) is 19.9 Å². The lowest BCUT2D eigenvalue weighted by molar-refractivity contribution is 0.0731. The zero-order valence-electron chi connectivity index (χ0n) is 15.5. The number of aliphatic hydroxyl groups excluding tert-OH is 1. The van der Waals surface area contributed by atoms with E-state index < -0.39 is 5.82 Å². The maximum Gasteiger partial charge on any atom is 0.254 e. The number of hydrogen-bond acceptors (Lipinski definition) is 5. The molecule has 1 aliphatic heterocycles. The van der Waals surface area contributed by atoms with Crippen LogP contribution in [0.3, 0.4) is 0 Å². The molecule has 0 bridgehead atoms. The van der Waals surface area contributed by atoms with Crippen molar-refractivity contribution in [3.05, 3.63) is 69.8 Å². The van der Waals surface area contributed by atoms with Gasteiger partial charge in [0, 0.05) is 35.7 Å². The number of carbonyl (C=O) groups excluding carboxylic acids is 1. The number of aromatic amines is 1. The van der Waals surface area contributed by atoms with Gasteiger partial charge < -0.3 is 24.5 Å². The van der Waals surface area contributed by atoms with Crippen LogP contribution in [0.1, 0.15) is 22.3 Å². The van der Waals surface area contributed by atoms with Crippen LogP contribution < -0.4 is 15.0 Å². The molecule has 1 amide bonds. The Balaban J connectivity index is 1.66. The number of halogens is 1. The quantitative estimate of drug-likeness (QED) is 0.665. The molecule has 0 unspecified atom stereocenters. The number of pyridine rings is 1. The zero-order valence-corrected chi connectivity index (χ0v) is 15.5. The maximum absolute atomic E-state index is 13.2. The van der Waals surface area contributed by atoms with Crippen LogP contribution in [0.15, 0.2) is 47.3 Å². The molecule has 0 radical (unpaired) electrons. The molecular formula is C21H19FN2O5. The van der Waals surface area contributed by atoms with Crippen LogP contribution >= 0.6 is 0 Å². The molecule has 0 spiro atoms. The van der Waals surface area contributed by atoms with E-state index in [2.05, 4.69) is 4.98 Å². The molecule has 0 fully saturated rings. The van der Waals surface area contributed by atoms with Gasteiger partial charge in [-0.15, -0.1) is 0 Å². The van der Waals surface area contributed by atoms with E-state index in [4.69, 9.17) is 9.47 Å². The van der Waals surface area contributed by atoms with E-state index in [1.54, 1.807) is 18.2 Å². The molecule has 2 heterocycles. The maximum atomic E-state index is 13.2. The fourth-order valence-corrected chi connectivity index (χ4v) is 3.25. The third-order valence-electron chi connectivity index (χ3n) is 4.74. The third-order valence-corrected chi connectivity index (χ3v) is 4.74. The van der Waals surface area contributed by atoms with Crippen molar-refractivity contribution in [2.45, 2.75) is 13.0 Å². The minimum Gasteiger partial charge on any atom is -0.454 e. The number of rotatable bonds is 6. The van der Waals surface area contributed by atoms with E-state index in [0.29, 0.717) is 34.6 Å². The predicted octanol–water partition coefficient (Wildman–Crippen LogP) is 2.42. The van der Waals surface area contributed by atoms with E-state index in [1.165, 1.54) is 29.2 Å². The molecule has 1 aliphatic rings. The van der Waals surface area contributed by atoms with Crippen LogP contribution in [-0.2, 0) is 6.54 Å². The van der Waals surface area contributed by atoms with Crippen molar-refractivity contribution in [3.63, 3.8) is 0 Å². The molecule has 7 nitrogen and oxygen atoms in total. The van der Waals surface area contributed by atoms with Gasteiger partial charge in [0.05, 0.1) is 12.1 Å². The SMILES string of the molecule is O=C(c1ccc(F)cc1)N(CCCO)Cc1cc2cc3c(cc2[nH]c1=O)OCO3. The highest BCUT2D eigenvalue weighted by molar-refractivity contribution is 5.94. The number of nitrogens with zero attached hydrogens (tertiary/aromatic N) is 1. The Morgan fingerprint density at radius 1 is 1.14 bits per heavy atom. The Kier molecular flexibility index (Phi) is 5.18. The lowest BCUT2D eigenvalue weighted by atomic mass is 10.1. The van der Waals surface area contributed by atoms with Crippen LogP contribution in [-0.4, -0.2) is 40.8 Å². The topological polar surface area (TPSA) is 91.9 Å². The van der Waals surface area contributed by atoms with Gasteiger partial charge in [0.25, 0.3) is 11.5 Å². The Labute approximate surface area is 165 Å². The summed E-state index contributed by atoms with van der Waals surface area (Å²) < 4.78 is 23.9. The Morgan fingerprint density at radius 2 is 1.86 bits per heavy atom. The first-order valence-corrected chi connectivity index (χ1v) is 9.16. The molecule has 0 atom stereocenters. The molecule has 29 heavy (non-hydrogen) atoms. The van der Waals surface area contributed by atoms with E-state index in [-0.39, 0.29) is 38.0 Å². The molecule has 0 saturated carbocycles. The first-order chi connectivity index (χ1) is 14.0. The summed E-state index contributed by atoms with van der Waals surface area (Å²) in [4.78, 5) is 29.7. The van der Waals surface area contributed by atoms with Crippen molar-refractivity contribution in [3.8, 4) is 11.5 Å². The van der Waals surface area contributed by atoms with Crippen molar-refractivity contribution >= 4 is 16.8 Å². The molecule has 2 N–H and O–H groups in total. The van der Waals surface area contributed by atoms with Crippen LogP contribution in [0.5, 0.6) is 11.5 Å². The average Bonchev–Trinajstić information content (AvgIpc) is 3.17. The first kappa shape index (κ1) is 18.9. The summed E-state index contributed by atoms with van der Waals surface area (Å²) >= 11 is 0. The highest BCUT2D eigenvalue weighted by Crippen LogP contribution is 2.35. The highest BCUT2D eigenvalue weighted by atomic mass is 19.1. The van der Waals surface area contributed by atoms with Crippen LogP contribution in [0.4, 0.5) is 4.39 Å². The number of aliphatic hydroxyl groups is 1. The fourth-order valence-electron chi connectivity index (χ4n) is 3.25. The van der Waals surface area contributed by atoms with Gasteiger partial charge in [-0.2, -0.15) is 0 Å². The van der Waals surface area contributed by atoms with Crippen LogP contribution in [0.25, 0.3) is 10.9 Å². The number of H-pyrrole nitrogens is 1. The monoisotopic (exact) mass is 398 g/mol. The van der Waals surface area contributed by atoms with Gasteiger partial charge in [-0.05, 0) is 42.8 Å². The second-order valence-corrected chi connectivity index (χ2v) is 6.73. The number of ether oxygens (including phenoxy) is 2. The molecule has 1 aromatic heterocycles. The van der Waals surface area contributed by atoms with Gasteiger partial charge in [-0.3, -0.25) is 9.59 Å². The summed E-state index contributed by atoms with van der Waals surface area (Å²) in [7, 11) is 0. The molecule has 8 heteroatoms. The highest BCUT2D eigenvalue weighted by Gasteiger charge is 2.19. The molecule has 4 rings (SSSR count). The van der Waals surface area contributed by atoms with Gasteiger partial charge in [0.2, 0.25) is 6.79 Å². The number of amides is 1. The number of benzene rings is 2. The van der Waals surface area contributed by atoms with Crippen molar-refractivity contribution in [1.82, 2.24) is 9.88 Å². The van der Waals surface area contributed by atoms with E-state index >= 15 is 0 Å². The summed E-state index contributed by atoms with van der Waals surface area (Å²) in [6.45, 7) is 0.343. The van der Waals surface area contributed by atoms with Gasteiger partial charge in [0.15, 0.2) is 11.5 Å². The largest absolute Gasteiger partial charge is 0.454 e. The minimum atomic E-state index is -0.437. The van der Waals surface area contributed by atoms with Gasteiger partial charge in [-0.25, -0.2) is 4.39 Å².